The van der Waals surface area contributed by atoms with Gasteiger partial charge in [-0.15, -0.1) is 0 Å². The standard InChI is InChI=1S/C20H18FN3O5/c21-16-5-1-14(2-6-16)11-18(25)24-17-7-3-15(4-8-17)13-29-20(27)23-12-19(26)28-10-9-22/h1-8H,10-13H2,(H,23,27)(H,24,25). The molecule has 2 aromatic carbocycles. The van der Waals surface area contributed by atoms with E-state index in [9.17, 15) is 18.8 Å². The molecular formula is C20H18FN3O5. The van der Waals surface area contributed by atoms with Crippen LogP contribution >= 0.6 is 0 Å². The molecule has 8 nitrogen and oxygen atoms in total. The molecule has 0 aromatic heterocycles. The van der Waals surface area contributed by atoms with Crippen molar-refractivity contribution in [1.82, 2.24) is 5.32 Å². The third-order valence-corrected chi connectivity index (χ3v) is 3.56. The van der Waals surface area contributed by atoms with E-state index in [1.807, 2.05) is 0 Å². The van der Waals surface area contributed by atoms with Crippen LogP contribution in [0.25, 0.3) is 0 Å². The Kier molecular flexibility index (Phi) is 8.13. The molecule has 29 heavy (non-hydrogen) atoms. The number of carbonyl (C=O) groups excluding carboxylic acids is 3. The van der Waals surface area contributed by atoms with Gasteiger partial charge in [0.15, 0.2) is 6.61 Å². The van der Waals surface area contributed by atoms with Gasteiger partial charge in [0, 0.05) is 5.69 Å². The summed E-state index contributed by atoms with van der Waals surface area (Å²) in [5, 5.41) is 13.2. The van der Waals surface area contributed by atoms with Crippen LogP contribution in [-0.4, -0.2) is 31.1 Å². The summed E-state index contributed by atoms with van der Waals surface area (Å²) in [4.78, 5) is 34.7. The number of rotatable bonds is 8. The summed E-state index contributed by atoms with van der Waals surface area (Å²) in [6.45, 7) is -0.829. The van der Waals surface area contributed by atoms with Crippen molar-refractivity contribution in [3.8, 4) is 6.07 Å². The van der Waals surface area contributed by atoms with E-state index in [1.54, 1.807) is 42.5 Å². The maximum absolute atomic E-state index is 12.9. The molecule has 0 bridgehead atoms. The van der Waals surface area contributed by atoms with E-state index in [4.69, 9.17) is 10.00 Å². The first-order valence-electron chi connectivity index (χ1n) is 8.52. The third kappa shape index (κ3) is 8.09. The van der Waals surface area contributed by atoms with Crippen LogP contribution in [-0.2, 0) is 32.1 Å². The topological polar surface area (TPSA) is 118 Å². The molecule has 0 saturated heterocycles. The first-order chi connectivity index (χ1) is 14.0. The van der Waals surface area contributed by atoms with Crippen LogP contribution < -0.4 is 10.6 Å². The molecule has 0 saturated carbocycles. The fourth-order valence-corrected chi connectivity index (χ4v) is 2.19. The zero-order chi connectivity index (χ0) is 21.1. The predicted molar refractivity (Wildman–Crippen MR) is 99.9 cm³/mol. The van der Waals surface area contributed by atoms with Crippen LogP contribution in [0.15, 0.2) is 48.5 Å². The lowest BCUT2D eigenvalue weighted by Crippen LogP contribution is -2.31. The fraction of sp³-hybridized carbons (Fsp3) is 0.200. The summed E-state index contributed by atoms with van der Waals surface area (Å²) in [7, 11) is 0. The van der Waals surface area contributed by atoms with Crippen LogP contribution in [0, 0.1) is 17.1 Å². The molecule has 0 aliphatic carbocycles. The molecule has 0 spiro atoms. The minimum Gasteiger partial charge on any atom is -0.449 e. The van der Waals surface area contributed by atoms with Gasteiger partial charge in [0.2, 0.25) is 5.91 Å². The lowest BCUT2D eigenvalue weighted by molar-refractivity contribution is -0.141. The van der Waals surface area contributed by atoms with E-state index in [0.29, 0.717) is 16.8 Å². The number of alkyl carbamates (subject to hydrolysis) is 1. The van der Waals surface area contributed by atoms with E-state index in [-0.39, 0.29) is 31.4 Å². The van der Waals surface area contributed by atoms with E-state index in [2.05, 4.69) is 15.4 Å². The van der Waals surface area contributed by atoms with Crippen molar-refractivity contribution in [2.45, 2.75) is 13.0 Å². The van der Waals surface area contributed by atoms with Crippen molar-refractivity contribution in [2.24, 2.45) is 0 Å². The molecule has 9 heteroatoms. The van der Waals surface area contributed by atoms with Gasteiger partial charge >= 0.3 is 12.1 Å². The maximum atomic E-state index is 12.9. The highest BCUT2D eigenvalue weighted by Gasteiger charge is 2.08. The highest BCUT2D eigenvalue weighted by atomic mass is 19.1. The SMILES string of the molecule is N#CCOC(=O)CNC(=O)OCc1ccc(NC(=O)Cc2ccc(F)cc2)cc1. The van der Waals surface area contributed by atoms with Crippen molar-refractivity contribution >= 4 is 23.7 Å². The second-order valence-corrected chi connectivity index (χ2v) is 5.80. The number of nitrogens with one attached hydrogen (secondary N) is 2. The number of carbonyl (C=O) groups is 3. The quantitative estimate of drug-likeness (QED) is 0.658. The monoisotopic (exact) mass is 399 g/mol. The minimum atomic E-state index is -0.810. The van der Waals surface area contributed by atoms with Crippen LogP contribution in [0.5, 0.6) is 0 Å². The Labute approximate surface area is 166 Å². The van der Waals surface area contributed by atoms with Crippen molar-refractivity contribution in [3.05, 3.63) is 65.5 Å². The number of hydrogen-bond acceptors (Lipinski definition) is 6. The van der Waals surface area contributed by atoms with E-state index >= 15 is 0 Å². The number of ether oxygens (including phenoxy) is 2. The van der Waals surface area contributed by atoms with Gasteiger partial charge in [-0.1, -0.05) is 24.3 Å². The molecule has 0 aliphatic heterocycles. The molecule has 2 aromatic rings. The molecule has 2 N–H and O–H groups in total. The Morgan fingerprint density at radius 1 is 0.966 bits per heavy atom. The summed E-state index contributed by atoms with van der Waals surface area (Å²) in [5.74, 6) is -1.35. The molecule has 0 fully saturated rings. The Hall–Kier alpha value is -3.93. The van der Waals surface area contributed by atoms with E-state index in [1.165, 1.54) is 12.1 Å². The van der Waals surface area contributed by atoms with Gasteiger partial charge in [-0.3, -0.25) is 9.59 Å². The normalized spacial score (nSPS) is 9.79. The second kappa shape index (κ2) is 11.0. The lowest BCUT2D eigenvalue weighted by Gasteiger charge is -2.08. The van der Waals surface area contributed by atoms with Crippen molar-refractivity contribution in [3.63, 3.8) is 0 Å². The van der Waals surface area contributed by atoms with Crippen molar-refractivity contribution in [1.29, 1.82) is 5.26 Å². The molecule has 0 aliphatic rings. The molecule has 2 amide bonds. The molecule has 150 valence electrons. The molecule has 0 unspecified atom stereocenters. The molecule has 0 atom stereocenters. The number of nitrogens with zero attached hydrogens (tertiary/aromatic N) is 1. The summed E-state index contributed by atoms with van der Waals surface area (Å²) in [5.41, 5.74) is 1.92. The van der Waals surface area contributed by atoms with Gasteiger partial charge in [0.1, 0.15) is 25.0 Å². The Bertz CT molecular complexity index is 892. The Balaban J connectivity index is 1.73. The largest absolute Gasteiger partial charge is 0.449 e. The van der Waals surface area contributed by atoms with Gasteiger partial charge in [0.25, 0.3) is 0 Å². The van der Waals surface area contributed by atoms with Crippen molar-refractivity contribution in [2.75, 3.05) is 18.5 Å². The summed E-state index contributed by atoms with van der Waals surface area (Å²) < 4.78 is 22.3. The van der Waals surface area contributed by atoms with Crippen LogP contribution in [0.3, 0.4) is 0 Å². The number of anilines is 1. The highest BCUT2D eigenvalue weighted by molar-refractivity contribution is 5.92. The number of benzene rings is 2. The zero-order valence-electron chi connectivity index (χ0n) is 15.3. The number of halogens is 1. The third-order valence-electron chi connectivity index (χ3n) is 3.56. The Morgan fingerprint density at radius 2 is 1.62 bits per heavy atom. The van der Waals surface area contributed by atoms with Gasteiger partial charge in [-0.05, 0) is 35.4 Å². The minimum absolute atomic E-state index is 0.0388. The van der Waals surface area contributed by atoms with Gasteiger partial charge in [-0.2, -0.15) is 5.26 Å². The lowest BCUT2D eigenvalue weighted by atomic mass is 10.1. The number of esters is 1. The molecular weight excluding hydrogens is 381 g/mol. The highest BCUT2D eigenvalue weighted by Crippen LogP contribution is 2.12. The summed E-state index contributed by atoms with van der Waals surface area (Å²) in [6.07, 6.45) is -0.696. The van der Waals surface area contributed by atoms with Gasteiger partial charge < -0.3 is 20.1 Å². The van der Waals surface area contributed by atoms with Gasteiger partial charge in [-0.25, -0.2) is 9.18 Å². The average Bonchev–Trinajstić information content (AvgIpc) is 2.71. The van der Waals surface area contributed by atoms with Crippen LogP contribution in [0.1, 0.15) is 11.1 Å². The predicted octanol–water partition coefficient (Wildman–Crippen LogP) is 2.30. The number of hydrogen-bond donors (Lipinski definition) is 2. The first kappa shape index (κ1) is 21.4. The second-order valence-electron chi connectivity index (χ2n) is 5.80. The maximum Gasteiger partial charge on any atom is 0.407 e. The average molecular weight is 399 g/mol. The van der Waals surface area contributed by atoms with Crippen molar-refractivity contribution < 1.29 is 28.2 Å². The Morgan fingerprint density at radius 3 is 2.28 bits per heavy atom. The van der Waals surface area contributed by atoms with Crippen LogP contribution in [0.4, 0.5) is 14.9 Å². The smallest absolute Gasteiger partial charge is 0.407 e. The molecule has 0 radical (unpaired) electrons. The zero-order valence-corrected chi connectivity index (χ0v) is 15.3. The van der Waals surface area contributed by atoms with Crippen LogP contribution in [0.2, 0.25) is 0 Å². The number of nitriles is 1. The summed E-state index contributed by atoms with van der Waals surface area (Å²) in [6, 6.07) is 14.0. The van der Waals surface area contributed by atoms with Gasteiger partial charge in [0.05, 0.1) is 6.42 Å². The number of amides is 2. The van der Waals surface area contributed by atoms with E-state index in [0.717, 1.165) is 0 Å². The fourth-order valence-electron chi connectivity index (χ4n) is 2.19. The first-order valence-corrected chi connectivity index (χ1v) is 8.52. The van der Waals surface area contributed by atoms with E-state index < -0.39 is 18.6 Å². The summed E-state index contributed by atoms with van der Waals surface area (Å²) >= 11 is 0. The molecule has 2 rings (SSSR count). The molecule has 0 heterocycles.